The highest BCUT2D eigenvalue weighted by atomic mass is 28.4. The van der Waals surface area contributed by atoms with Crippen molar-refractivity contribution < 1.29 is 9.59 Å². The monoisotopic (exact) mass is 484 g/mol. The van der Waals surface area contributed by atoms with Crippen LogP contribution in [0, 0.1) is 0 Å². The van der Waals surface area contributed by atoms with Gasteiger partial charge in [-0.3, -0.25) is 0 Å². The van der Waals surface area contributed by atoms with Gasteiger partial charge in [0.25, 0.3) is 0 Å². The maximum absolute atomic E-state index is 11.0. The molecule has 182 valence electrons. The van der Waals surface area contributed by atoms with Crippen molar-refractivity contribution in [3.05, 3.63) is 47.5 Å². The topological polar surface area (TPSA) is 46.9 Å². The largest absolute Gasteiger partial charge is 0.428 e. The van der Waals surface area contributed by atoms with E-state index in [0.29, 0.717) is 0 Å². The molecule has 2 aromatic rings. The molecule has 0 radical (unpaired) electrons. The van der Waals surface area contributed by atoms with Gasteiger partial charge in [0.2, 0.25) is 16.6 Å². The summed E-state index contributed by atoms with van der Waals surface area (Å²) in [6, 6.07) is 13.4. The summed E-state index contributed by atoms with van der Waals surface area (Å²) >= 11 is 0. The zero-order valence-corrected chi connectivity index (χ0v) is 24.0. The van der Waals surface area contributed by atoms with E-state index >= 15 is 0 Å². The van der Waals surface area contributed by atoms with Gasteiger partial charge in [0, 0.05) is 5.41 Å². The van der Waals surface area contributed by atoms with Crippen molar-refractivity contribution in [2.45, 2.75) is 57.3 Å². The molecule has 0 aromatic heterocycles. The van der Waals surface area contributed by atoms with E-state index in [9.17, 15) is 9.59 Å². The molecule has 1 aliphatic rings. The minimum atomic E-state index is -2.43. The lowest BCUT2D eigenvalue weighted by atomic mass is 9.71. The van der Waals surface area contributed by atoms with Gasteiger partial charge in [-0.1, -0.05) is 36.4 Å². The number of rotatable bonds is 10. The fourth-order valence-electron chi connectivity index (χ4n) is 5.31. The molecule has 0 heterocycles. The van der Waals surface area contributed by atoms with Crippen molar-refractivity contribution in [3.63, 3.8) is 0 Å². The highest BCUT2D eigenvalue weighted by Gasteiger charge is 2.44. The molecule has 0 spiro atoms. The van der Waals surface area contributed by atoms with Gasteiger partial charge in [-0.2, -0.15) is 0 Å². The summed E-state index contributed by atoms with van der Waals surface area (Å²) in [6.45, 7) is 10.1. The molecule has 0 bridgehead atoms. The summed E-state index contributed by atoms with van der Waals surface area (Å²) in [5.41, 5.74) is 5.31. The average molecular weight is 485 g/mol. The minimum Gasteiger partial charge on any atom is -0.428 e. The fraction of sp³-hybridized carbons (Fsp3) is 0.556. The molecule has 33 heavy (non-hydrogen) atoms. The molecule has 0 fully saturated rings. The van der Waals surface area contributed by atoms with Crippen molar-refractivity contribution >= 4 is 27.0 Å². The second-order valence-corrected chi connectivity index (χ2v) is 18.9. The van der Waals surface area contributed by atoms with E-state index in [1.807, 2.05) is 26.2 Å². The number of hydrogen-bond donors (Lipinski definition) is 2. The van der Waals surface area contributed by atoms with E-state index < -0.39 is 16.6 Å². The third kappa shape index (κ3) is 5.69. The third-order valence-electron chi connectivity index (χ3n) is 7.19. The van der Waals surface area contributed by atoms with Crippen LogP contribution in [-0.4, -0.2) is 77.3 Å². The predicted molar refractivity (Wildman–Crippen MR) is 147 cm³/mol. The highest BCUT2D eigenvalue weighted by molar-refractivity contribution is 6.83. The molecule has 0 aliphatic heterocycles. The maximum atomic E-state index is 11.0. The number of hydrogen-bond acceptors (Lipinski definition) is 4. The van der Waals surface area contributed by atoms with Gasteiger partial charge in [-0.25, -0.2) is 0 Å². The molecule has 2 aromatic carbocycles. The first kappa shape index (κ1) is 26.3. The van der Waals surface area contributed by atoms with E-state index in [1.54, 1.807) is 0 Å². The Hall–Kier alpha value is -1.29. The molecule has 0 amide bonds. The van der Waals surface area contributed by atoms with Gasteiger partial charge in [-0.15, -0.1) is 0 Å². The zero-order valence-electron chi connectivity index (χ0n) is 22.0. The first-order valence-corrected chi connectivity index (χ1v) is 18.2. The lowest BCUT2D eigenvalue weighted by Crippen LogP contribution is -2.43. The molecular formula is C27H44N2O2Si2. The van der Waals surface area contributed by atoms with Crippen molar-refractivity contribution in [1.82, 2.24) is 9.80 Å². The molecule has 0 saturated heterocycles. The van der Waals surface area contributed by atoms with Gasteiger partial charge in [0.1, 0.15) is 0 Å². The van der Waals surface area contributed by atoms with Gasteiger partial charge >= 0.3 is 0 Å². The van der Waals surface area contributed by atoms with E-state index in [4.69, 9.17) is 0 Å². The molecule has 4 nitrogen and oxygen atoms in total. The van der Waals surface area contributed by atoms with Crippen LogP contribution in [-0.2, 0) is 5.41 Å². The summed E-state index contributed by atoms with van der Waals surface area (Å²) in [4.78, 5) is 26.4. The Kier molecular flexibility index (Phi) is 7.78. The molecule has 3 rings (SSSR count). The van der Waals surface area contributed by atoms with E-state index in [2.05, 4.69) is 74.4 Å². The molecular weight excluding hydrogens is 440 g/mol. The Balaban J connectivity index is 2.22. The predicted octanol–water partition coefficient (Wildman–Crippen LogP) is 3.45. The van der Waals surface area contributed by atoms with Crippen LogP contribution < -0.4 is 10.4 Å². The van der Waals surface area contributed by atoms with Crippen LogP contribution in [0.25, 0.3) is 11.1 Å². The van der Waals surface area contributed by atoms with E-state index in [1.165, 1.54) is 22.3 Å². The first-order chi connectivity index (χ1) is 15.3. The van der Waals surface area contributed by atoms with Crippen LogP contribution in [0.3, 0.4) is 0 Å². The van der Waals surface area contributed by atoms with Crippen LogP contribution in [0.1, 0.15) is 36.8 Å². The van der Waals surface area contributed by atoms with E-state index in [-0.39, 0.29) is 5.41 Å². The molecule has 0 saturated carbocycles. The Morgan fingerprint density at radius 1 is 0.667 bits per heavy atom. The molecule has 0 unspecified atom stereocenters. The number of benzene rings is 2. The smallest absolute Gasteiger partial charge is 0.213 e. The van der Waals surface area contributed by atoms with Gasteiger partial charge in [0.15, 0.2) is 0 Å². The Morgan fingerprint density at radius 3 is 1.33 bits per heavy atom. The average Bonchev–Trinajstić information content (AvgIpc) is 2.95. The Morgan fingerprint density at radius 2 is 1.03 bits per heavy atom. The fourth-order valence-corrected chi connectivity index (χ4v) is 7.29. The minimum absolute atomic E-state index is 0.0813. The quantitative estimate of drug-likeness (QED) is 0.507. The zero-order chi connectivity index (χ0) is 24.6. The van der Waals surface area contributed by atoms with Crippen molar-refractivity contribution in [2.75, 3.05) is 41.3 Å². The summed E-state index contributed by atoms with van der Waals surface area (Å²) in [5.74, 6) is 0. The van der Waals surface area contributed by atoms with Crippen LogP contribution in [0.4, 0.5) is 0 Å². The second-order valence-electron chi connectivity index (χ2n) is 11.5. The highest BCUT2D eigenvalue weighted by Crippen LogP contribution is 2.53. The Bertz CT molecular complexity index is 896. The van der Waals surface area contributed by atoms with E-state index in [0.717, 1.165) is 49.1 Å². The van der Waals surface area contributed by atoms with Gasteiger partial charge < -0.3 is 19.4 Å². The molecule has 2 N–H and O–H groups in total. The van der Waals surface area contributed by atoms with Crippen LogP contribution in [0.15, 0.2) is 36.4 Å². The van der Waals surface area contributed by atoms with Crippen LogP contribution in [0.2, 0.25) is 26.2 Å². The summed E-state index contributed by atoms with van der Waals surface area (Å²) in [7, 11) is 3.71. The standard InChI is InChI=1S/C27H44N2O2Si2/c1-28(2)17-9-15-27(16-10-18-29(3)4)25-19-21(32(5,6)30)11-13-23(25)24-14-12-22(20-26(24)27)33(7,8)31/h11-14,19-20,30-31H,9-10,15-18H2,1-8H3. The maximum Gasteiger partial charge on any atom is 0.213 e. The third-order valence-corrected chi connectivity index (χ3v) is 10.6. The summed E-state index contributed by atoms with van der Waals surface area (Å²) in [5, 5.41) is 2.21. The molecule has 1 aliphatic carbocycles. The molecule has 6 heteroatoms. The summed E-state index contributed by atoms with van der Waals surface area (Å²) < 4.78 is 0. The van der Waals surface area contributed by atoms with Gasteiger partial charge in [-0.05, 0) is 126 Å². The van der Waals surface area contributed by atoms with Crippen molar-refractivity contribution in [3.8, 4) is 11.1 Å². The van der Waals surface area contributed by atoms with Crippen LogP contribution >= 0.6 is 0 Å². The summed E-state index contributed by atoms with van der Waals surface area (Å²) in [6.07, 6.45) is 4.38. The number of nitrogens with zero attached hydrogens (tertiary/aromatic N) is 2. The number of fused-ring (bicyclic) bond motifs is 3. The lowest BCUT2D eigenvalue weighted by molar-refractivity contribution is 0.328. The first-order valence-electron chi connectivity index (χ1n) is 12.3. The van der Waals surface area contributed by atoms with Crippen LogP contribution in [0.5, 0.6) is 0 Å². The normalized spacial score (nSPS) is 15.3. The molecule has 0 atom stereocenters. The van der Waals surface area contributed by atoms with Gasteiger partial charge in [0.05, 0.1) is 0 Å². The van der Waals surface area contributed by atoms with Crippen molar-refractivity contribution in [2.24, 2.45) is 0 Å². The Labute approximate surface area is 203 Å². The second kappa shape index (κ2) is 9.76. The SMILES string of the molecule is CN(C)CCCC1(CCCN(C)C)c2cc([Si](C)(C)O)ccc2-c2ccc([Si](C)(C)O)cc21. The lowest BCUT2D eigenvalue weighted by Gasteiger charge is -2.35. The van der Waals surface area contributed by atoms with Crippen molar-refractivity contribution in [1.29, 1.82) is 0 Å².